The summed E-state index contributed by atoms with van der Waals surface area (Å²) in [5.41, 5.74) is 2.05. The van der Waals surface area contributed by atoms with E-state index in [0.29, 0.717) is 11.4 Å². The van der Waals surface area contributed by atoms with E-state index in [4.69, 9.17) is 4.74 Å². The lowest BCUT2D eigenvalue weighted by Gasteiger charge is -2.13. The minimum absolute atomic E-state index is 0.228. The van der Waals surface area contributed by atoms with Crippen LogP contribution < -0.4 is 15.0 Å². The first kappa shape index (κ1) is 14.1. The SMILES string of the molecule is COc1ccccc1NC(=O)C1C(=O)N(C)c2ccccc21. The number of carbonyl (C=O) groups excluding carboxylic acids is 2. The second-order valence-electron chi connectivity index (χ2n) is 5.08. The van der Waals surface area contributed by atoms with Crippen molar-refractivity contribution < 1.29 is 14.3 Å². The molecule has 0 radical (unpaired) electrons. The van der Waals surface area contributed by atoms with Crippen molar-refractivity contribution in [2.24, 2.45) is 0 Å². The van der Waals surface area contributed by atoms with Gasteiger partial charge in [0.1, 0.15) is 11.7 Å². The van der Waals surface area contributed by atoms with Crippen LogP contribution in [0.15, 0.2) is 48.5 Å². The van der Waals surface area contributed by atoms with E-state index in [1.807, 2.05) is 30.3 Å². The summed E-state index contributed by atoms with van der Waals surface area (Å²) >= 11 is 0. The highest BCUT2D eigenvalue weighted by Gasteiger charge is 2.40. The summed E-state index contributed by atoms with van der Waals surface area (Å²) in [5.74, 6) is -0.853. The van der Waals surface area contributed by atoms with E-state index >= 15 is 0 Å². The van der Waals surface area contributed by atoms with Crippen molar-refractivity contribution in [3.05, 3.63) is 54.1 Å². The standard InChI is InChI=1S/C17H16N2O3/c1-19-13-9-5-3-7-11(13)15(17(19)21)16(20)18-12-8-4-6-10-14(12)22-2/h3-10,15H,1-2H3,(H,18,20). The van der Waals surface area contributed by atoms with E-state index < -0.39 is 5.92 Å². The van der Waals surface area contributed by atoms with Gasteiger partial charge < -0.3 is 15.0 Å². The van der Waals surface area contributed by atoms with E-state index in [1.54, 1.807) is 25.2 Å². The normalized spacial score (nSPS) is 16.4. The second kappa shape index (κ2) is 5.52. The Balaban J connectivity index is 1.91. The largest absolute Gasteiger partial charge is 0.495 e. The van der Waals surface area contributed by atoms with Gasteiger partial charge in [-0.1, -0.05) is 30.3 Å². The number of hydrogen-bond acceptors (Lipinski definition) is 3. The molecule has 2 aromatic rings. The fraction of sp³-hybridized carbons (Fsp3) is 0.176. The molecular formula is C17H16N2O3. The van der Waals surface area contributed by atoms with Crippen LogP contribution in [0.2, 0.25) is 0 Å². The number of rotatable bonds is 3. The maximum Gasteiger partial charge on any atom is 0.243 e. The van der Waals surface area contributed by atoms with Gasteiger partial charge in [-0.05, 0) is 23.8 Å². The van der Waals surface area contributed by atoms with Crippen LogP contribution in [0, 0.1) is 0 Å². The van der Waals surface area contributed by atoms with E-state index in [0.717, 1.165) is 11.3 Å². The fourth-order valence-corrected chi connectivity index (χ4v) is 2.69. The van der Waals surface area contributed by atoms with Gasteiger partial charge in [0, 0.05) is 12.7 Å². The van der Waals surface area contributed by atoms with Gasteiger partial charge in [0.25, 0.3) is 0 Å². The molecule has 2 amide bonds. The number of fused-ring (bicyclic) bond motifs is 1. The first-order chi connectivity index (χ1) is 10.6. The predicted molar refractivity (Wildman–Crippen MR) is 84.2 cm³/mol. The minimum Gasteiger partial charge on any atom is -0.495 e. The summed E-state index contributed by atoms with van der Waals surface area (Å²) in [6.45, 7) is 0. The molecule has 22 heavy (non-hydrogen) atoms. The Kier molecular flexibility index (Phi) is 3.55. The Labute approximate surface area is 128 Å². The predicted octanol–water partition coefficient (Wildman–Crippen LogP) is 2.39. The maximum absolute atomic E-state index is 12.6. The van der Waals surface area contributed by atoms with Crippen LogP contribution in [0.3, 0.4) is 0 Å². The fourth-order valence-electron chi connectivity index (χ4n) is 2.69. The van der Waals surface area contributed by atoms with Crippen LogP contribution in [0.25, 0.3) is 0 Å². The van der Waals surface area contributed by atoms with Crippen LogP contribution in [-0.4, -0.2) is 26.0 Å². The zero-order chi connectivity index (χ0) is 15.7. The summed E-state index contributed by atoms with van der Waals surface area (Å²) in [6, 6.07) is 14.4. The Bertz CT molecular complexity index is 742. The lowest BCUT2D eigenvalue weighted by molar-refractivity contribution is -0.126. The highest BCUT2D eigenvalue weighted by Crippen LogP contribution is 2.37. The van der Waals surface area contributed by atoms with Gasteiger partial charge in [-0.25, -0.2) is 0 Å². The highest BCUT2D eigenvalue weighted by atomic mass is 16.5. The Morgan fingerprint density at radius 1 is 1.14 bits per heavy atom. The maximum atomic E-state index is 12.6. The summed E-state index contributed by atoms with van der Waals surface area (Å²) in [5, 5.41) is 2.78. The molecule has 3 rings (SSSR count). The van der Waals surface area contributed by atoms with Crippen molar-refractivity contribution in [2.45, 2.75) is 5.92 Å². The number of amides is 2. The monoisotopic (exact) mass is 296 g/mol. The summed E-state index contributed by atoms with van der Waals surface area (Å²) < 4.78 is 5.22. The molecule has 1 N–H and O–H groups in total. The van der Waals surface area contributed by atoms with E-state index in [1.165, 1.54) is 12.0 Å². The van der Waals surface area contributed by atoms with Crippen molar-refractivity contribution in [1.29, 1.82) is 0 Å². The molecule has 1 aliphatic heterocycles. The van der Waals surface area contributed by atoms with Crippen LogP contribution in [0.5, 0.6) is 5.75 Å². The molecule has 112 valence electrons. The summed E-state index contributed by atoms with van der Waals surface area (Å²) in [4.78, 5) is 26.5. The van der Waals surface area contributed by atoms with Crippen molar-refractivity contribution in [2.75, 3.05) is 24.4 Å². The second-order valence-corrected chi connectivity index (χ2v) is 5.08. The van der Waals surface area contributed by atoms with Crippen LogP contribution in [0.1, 0.15) is 11.5 Å². The van der Waals surface area contributed by atoms with Gasteiger partial charge >= 0.3 is 0 Å². The van der Waals surface area contributed by atoms with Crippen LogP contribution >= 0.6 is 0 Å². The number of ether oxygens (including phenoxy) is 1. The third-order valence-electron chi connectivity index (χ3n) is 3.81. The smallest absolute Gasteiger partial charge is 0.243 e. The molecule has 0 saturated heterocycles. The zero-order valence-electron chi connectivity index (χ0n) is 12.4. The number of para-hydroxylation sites is 3. The molecule has 0 fully saturated rings. The van der Waals surface area contributed by atoms with Gasteiger partial charge in [-0.2, -0.15) is 0 Å². The molecule has 0 aromatic heterocycles. The van der Waals surface area contributed by atoms with Gasteiger partial charge in [-0.3, -0.25) is 9.59 Å². The molecule has 2 aromatic carbocycles. The number of nitrogens with one attached hydrogen (secondary N) is 1. The molecule has 0 spiro atoms. The molecule has 0 saturated carbocycles. The van der Waals surface area contributed by atoms with E-state index in [-0.39, 0.29) is 11.8 Å². The molecule has 0 aliphatic carbocycles. The highest BCUT2D eigenvalue weighted by molar-refractivity contribution is 6.20. The Morgan fingerprint density at radius 3 is 2.59 bits per heavy atom. The van der Waals surface area contributed by atoms with Crippen molar-refractivity contribution in [3.63, 3.8) is 0 Å². The van der Waals surface area contributed by atoms with Gasteiger partial charge in [0.05, 0.1) is 12.8 Å². The number of nitrogens with zero attached hydrogens (tertiary/aromatic N) is 1. The third kappa shape index (κ3) is 2.20. The first-order valence-electron chi connectivity index (χ1n) is 6.94. The Hall–Kier alpha value is -2.82. The third-order valence-corrected chi connectivity index (χ3v) is 3.81. The number of methoxy groups -OCH3 is 1. The molecule has 1 atom stereocenters. The molecule has 5 nitrogen and oxygen atoms in total. The number of benzene rings is 2. The van der Waals surface area contributed by atoms with Gasteiger partial charge in [0.2, 0.25) is 11.8 Å². The van der Waals surface area contributed by atoms with Crippen molar-refractivity contribution in [3.8, 4) is 5.75 Å². The quantitative estimate of drug-likeness (QED) is 0.885. The zero-order valence-corrected chi connectivity index (χ0v) is 12.4. The first-order valence-corrected chi connectivity index (χ1v) is 6.94. The molecule has 0 bridgehead atoms. The summed E-state index contributed by atoms with van der Waals surface area (Å²) in [6.07, 6.45) is 0. The van der Waals surface area contributed by atoms with E-state index in [9.17, 15) is 9.59 Å². The molecule has 1 aliphatic rings. The van der Waals surface area contributed by atoms with Crippen LogP contribution in [-0.2, 0) is 9.59 Å². The minimum atomic E-state index is -0.828. The van der Waals surface area contributed by atoms with Gasteiger partial charge in [-0.15, -0.1) is 0 Å². The average Bonchev–Trinajstić information content (AvgIpc) is 2.80. The Morgan fingerprint density at radius 2 is 1.82 bits per heavy atom. The number of hydrogen-bond donors (Lipinski definition) is 1. The van der Waals surface area contributed by atoms with Crippen molar-refractivity contribution in [1.82, 2.24) is 0 Å². The lowest BCUT2D eigenvalue weighted by Crippen LogP contribution is -2.31. The summed E-state index contributed by atoms with van der Waals surface area (Å²) in [7, 11) is 3.21. The van der Waals surface area contributed by atoms with Crippen LogP contribution in [0.4, 0.5) is 11.4 Å². The molecule has 1 unspecified atom stereocenters. The number of anilines is 2. The molecule has 1 heterocycles. The molecule has 5 heteroatoms. The topological polar surface area (TPSA) is 58.6 Å². The molecular weight excluding hydrogens is 280 g/mol. The lowest BCUT2D eigenvalue weighted by atomic mass is 10.00. The van der Waals surface area contributed by atoms with E-state index in [2.05, 4.69) is 5.32 Å². The number of carbonyl (C=O) groups is 2. The van der Waals surface area contributed by atoms with Crippen molar-refractivity contribution >= 4 is 23.2 Å². The number of likely N-dealkylation sites (N-methyl/N-ethyl adjacent to an activating group) is 1. The van der Waals surface area contributed by atoms with Gasteiger partial charge in [0.15, 0.2) is 0 Å². The average molecular weight is 296 g/mol.